The molecule has 1 atom stereocenters. The Morgan fingerprint density at radius 1 is 1.04 bits per heavy atom. The van der Waals surface area contributed by atoms with Crippen molar-refractivity contribution in [3.63, 3.8) is 0 Å². The van der Waals surface area contributed by atoms with Gasteiger partial charge in [0.2, 0.25) is 5.91 Å². The number of carbonyl (C=O) groups is 1. The molecular weight excluding hydrogens is 366 g/mol. The summed E-state index contributed by atoms with van der Waals surface area (Å²) in [5.74, 6) is 2.99. The van der Waals surface area contributed by atoms with Gasteiger partial charge in [-0.15, -0.1) is 11.8 Å². The lowest BCUT2D eigenvalue weighted by Gasteiger charge is -2.25. The van der Waals surface area contributed by atoms with Crippen molar-refractivity contribution in [2.45, 2.75) is 50.5 Å². The van der Waals surface area contributed by atoms with E-state index in [0.717, 1.165) is 35.9 Å². The van der Waals surface area contributed by atoms with Gasteiger partial charge in [0.1, 0.15) is 17.7 Å². The summed E-state index contributed by atoms with van der Waals surface area (Å²) in [6, 6.07) is 18.5. The highest BCUT2D eigenvalue weighted by atomic mass is 32.2. The van der Waals surface area contributed by atoms with Gasteiger partial charge in [-0.2, -0.15) is 0 Å². The van der Waals surface area contributed by atoms with Crippen LogP contribution in [0.2, 0.25) is 0 Å². The Kier molecular flexibility index (Phi) is 6.58. The number of thioether (sulfide) groups is 1. The summed E-state index contributed by atoms with van der Waals surface area (Å²) < 4.78 is 5.89. The molecule has 0 N–H and O–H groups in total. The summed E-state index contributed by atoms with van der Waals surface area (Å²) in [6.45, 7) is 1.44. The third kappa shape index (κ3) is 4.91. The maximum absolute atomic E-state index is 12.8. The van der Waals surface area contributed by atoms with Crippen molar-refractivity contribution in [3.05, 3.63) is 65.7 Å². The fourth-order valence-corrected chi connectivity index (χ4v) is 5.52. The minimum Gasteiger partial charge on any atom is -0.489 e. The van der Waals surface area contributed by atoms with Crippen LogP contribution in [0.3, 0.4) is 0 Å². The van der Waals surface area contributed by atoms with Gasteiger partial charge in [-0.1, -0.05) is 68.1 Å². The van der Waals surface area contributed by atoms with E-state index in [0.29, 0.717) is 18.9 Å². The van der Waals surface area contributed by atoms with Crippen molar-refractivity contribution in [1.82, 2.24) is 4.90 Å². The lowest BCUT2D eigenvalue weighted by molar-refractivity contribution is -0.131. The first-order chi connectivity index (χ1) is 13.8. The molecule has 0 unspecified atom stereocenters. The van der Waals surface area contributed by atoms with Crippen molar-refractivity contribution in [2.24, 2.45) is 5.92 Å². The van der Waals surface area contributed by atoms with Gasteiger partial charge in [-0.25, -0.2) is 0 Å². The van der Waals surface area contributed by atoms with Gasteiger partial charge < -0.3 is 9.64 Å². The molecule has 1 saturated heterocycles. The molecule has 2 aromatic rings. The monoisotopic (exact) mass is 395 g/mol. The second kappa shape index (κ2) is 9.51. The van der Waals surface area contributed by atoms with Crippen LogP contribution in [0, 0.1) is 5.92 Å². The fraction of sp³-hybridized carbons (Fsp3) is 0.458. The quantitative estimate of drug-likeness (QED) is 0.592. The molecule has 4 rings (SSSR count). The molecule has 1 aliphatic carbocycles. The van der Waals surface area contributed by atoms with E-state index in [1.165, 1.54) is 31.2 Å². The van der Waals surface area contributed by atoms with Gasteiger partial charge in [0, 0.05) is 18.7 Å². The molecule has 28 heavy (non-hydrogen) atoms. The highest BCUT2D eigenvalue weighted by Gasteiger charge is 2.30. The fourth-order valence-electron chi connectivity index (χ4n) is 4.24. The standard InChI is InChI=1S/C24H29NO2S/c26-23(15-10-19-6-4-5-7-19)25-16-17-28-24(25)21-11-13-22(14-12-21)27-18-20-8-2-1-3-9-20/h1-3,8-9,11-14,19,24H,4-7,10,15-18H2/t24-/m1/s1. The highest BCUT2D eigenvalue weighted by Crippen LogP contribution is 2.39. The van der Waals surface area contributed by atoms with E-state index in [1.807, 2.05) is 42.1 Å². The Balaban J connectivity index is 1.32. The minimum atomic E-state index is 0.152. The number of hydrogen-bond acceptors (Lipinski definition) is 3. The molecule has 2 aliphatic rings. The number of amides is 1. The summed E-state index contributed by atoms with van der Waals surface area (Å²) in [5, 5.41) is 0.152. The molecule has 0 spiro atoms. The van der Waals surface area contributed by atoms with E-state index >= 15 is 0 Å². The summed E-state index contributed by atoms with van der Waals surface area (Å²) in [6.07, 6.45) is 7.10. The maximum Gasteiger partial charge on any atom is 0.223 e. The second-order valence-corrected chi connectivity index (χ2v) is 9.03. The van der Waals surface area contributed by atoms with Gasteiger partial charge in [0.25, 0.3) is 0 Å². The van der Waals surface area contributed by atoms with Crippen LogP contribution >= 0.6 is 11.8 Å². The molecule has 1 aliphatic heterocycles. The van der Waals surface area contributed by atoms with Gasteiger partial charge in [0.15, 0.2) is 0 Å². The second-order valence-electron chi connectivity index (χ2n) is 7.84. The number of rotatable bonds is 7. The van der Waals surface area contributed by atoms with Crippen molar-refractivity contribution in [2.75, 3.05) is 12.3 Å². The van der Waals surface area contributed by atoms with Gasteiger partial charge in [-0.3, -0.25) is 4.79 Å². The van der Waals surface area contributed by atoms with Crippen LogP contribution in [0.4, 0.5) is 0 Å². The first-order valence-electron chi connectivity index (χ1n) is 10.5. The lowest BCUT2D eigenvalue weighted by Crippen LogP contribution is -2.30. The van der Waals surface area contributed by atoms with Crippen LogP contribution in [0.1, 0.15) is 55.0 Å². The SMILES string of the molecule is O=C(CCC1CCCC1)N1CCS[C@@H]1c1ccc(OCc2ccccc2)cc1. The maximum atomic E-state index is 12.8. The molecule has 148 valence electrons. The van der Waals surface area contributed by atoms with E-state index in [2.05, 4.69) is 29.2 Å². The Morgan fingerprint density at radius 2 is 1.79 bits per heavy atom. The van der Waals surface area contributed by atoms with Gasteiger partial charge in [0.05, 0.1) is 0 Å². The summed E-state index contributed by atoms with van der Waals surface area (Å²) in [4.78, 5) is 14.9. The van der Waals surface area contributed by atoms with Gasteiger partial charge >= 0.3 is 0 Å². The molecule has 0 aromatic heterocycles. The molecule has 2 aromatic carbocycles. The zero-order valence-corrected chi connectivity index (χ0v) is 17.2. The molecule has 2 fully saturated rings. The van der Waals surface area contributed by atoms with Crippen LogP contribution in [0.15, 0.2) is 54.6 Å². The van der Waals surface area contributed by atoms with Crippen LogP contribution in [-0.2, 0) is 11.4 Å². The molecule has 0 radical (unpaired) electrons. The van der Waals surface area contributed by atoms with E-state index in [9.17, 15) is 4.79 Å². The van der Waals surface area contributed by atoms with E-state index < -0.39 is 0 Å². The molecule has 1 heterocycles. The third-order valence-electron chi connectivity index (χ3n) is 5.87. The summed E-state index contributed by atoms with van der Waals surface area (Å²) in [5.41, 5.74) is 2.36. The number of nitrogens with zero attached hydrogens (tertiary/aromatic N) is 1. The Morgan fingerprint density at radius 3 is 2.54 bits per heavy atom. The normalized spacial score (nSPS) is 19.9. The van der Waals surface area contributed by atoms with Crippen LogP contribution < -0.4 is 4.74 Å². The Hall–Kier alpha value is -1.94. The average Bonchev–Trinajstić information content (AvgIpc) is 3.44. The zero-order chi connectivity index (χ0) is 19.2. The van der Waals surface area contributed by atoms with E-state index in [1.54, 1.807) is 0 Å². The van der Waals surface area contributed by atoms with Gasteiger partial charge in [-0.05, 0) is 35.6 Å². The smallest absolute Gasteiger partial charge is 0.223 e. The largest absolute Gasteiger partial charge is 0.489 e. The third-order valence-corrected chi connectivity index (χ3v) is 7.13. The summed E-state index contributed by atoms with van der Waals surface area (Å²) >= 11 is 1.87. The predicted molar refractivity (Wildman–Crippen MR) is 115 cm³/mol. The predicted octanol–water partition coefficient (Wildman–Crippen LogP) is 5.81. The minimum absolute atomic E-state index is 0.152. The molecular formula is C24H29NO2S. The zero-order valence-electron chi connectivity index (χ0n) is 16.4. The average molecular weight is 396 g/mol. The molecule has 1 amide bonds. The molecule has 3 nitrogen and oxygen atoms in total. The first-order valence-corrected chi connectivity index (χ1v) is 11.5. The van der Waals surface area contributed by atoms with Crippen molar-refractivity contribution in [3.8, 4) is 5.75 Å². The van der Waals surface area contributed by atoms with Crippen molar-refractivity contribution >= 4 is 17.7 Å². The summed E-state index contributed by atoms with van der Waals surface area (Å²) in [7, 11) is 0. The number of benzene rings is 2. The molecule has 4 heteroatoms. The van der Waals surface area contributed by atoms with Crippen LogP contribution in [0.5, 0.6) is 5.75 Å². The number of carbonyl (C=O) groups excluding carboxylic acids is 1. The van der Waals surface area contributed by atoms with E-state index in [4.69, 9.17) is 4.74 Å². The first kappa shape index (κ1) is 19.4. The number of ether oxygens (including phenoxy) is 1. The highest BCUT2D eigenvalue weighted by molar-refractivity contribution is 7.99. The van der Waals surface area contributed by atoms with Crippen LogP contribution in [0.25, 0.3) is 0 Å². The Labute approximate surface area is 172 Å². The van der Waals surface area contributed by atoms with Crippen molar-refractivity contribution in [1.29, 1.82) is 0 Å². The molecule has 0 bridgehead atoms. The van der Waals surface area contributed by atoms with Crippen LogP contribution in [-0.4, -0.2) is 23.1 Å². The van der Waals surface area contributed by atoms with E-state index in [-0.39, 0.29) is 5.37 Å². The number of hydrogen-bond donors (Lipinski definition) is 0. The Bertz CT molecular complexity index is 756. The lowest BCUT2D eigenvalue weighted by atomic mass is 10.0. The molecule has 1 saturated carbocycles. The van der Waals surface area contributed by atoms with Crippen molar-refractivity contribution < 1.29 is 9.53 Å². The topological polar surface area (TPSA) is 29.5 Å².